The minimum absolute atomic E-state index is 0.0549. The molecule has 0 amide bonds. The summed E-state index contributed by atoms with van der Waals surface area (Å²) in [5.74, 6) is 0. The Balaban J connectivity index is 1.25. The summed E-state index contributed by atoms with van der Waals surface area (Å²) in [6.07, 6.45) is 4.74. The summed E-state index contributed by atoms with van der Waals surface area (Å²) in [4.78, 5) is 5.51. The molecule has 2 aliphatic carbocycles. The Morgan fingerprint density at radius 1 is 0.522 bits per heavy atom. The summed E-state index contributed by atoms with van der Waals surface area (Å²) >= 11 is 1.93. The number of rotatable bonds is 3. The normalized spacial score (nSPS) is 18.3. The van der Waals surface area contributed by atoms with Crippen LogP contribution in [0.2, 0.25) is 0 Å². The molecule has 0 radical (unpaired) electrons. The van der Waals surface area contributed by atoms with E-state index in [0.29, 0.717) is 0 Å². The Bertz CT molecular complexity index is 3380. The van der Waals surface area contributed by atoms with E-state index in [-0.39, 0.29) is 33.9 Å². The van der Waals surface area contributed by atoms with E-state index in [1.807, 2.05) is 11.3 Å². The summed E-state index contributed by atoms with van der Waals surface area (Å²) in [5, 5.41) is 2.70. The van der Waals surface area contributed by atoms with Crippen LogP contribution < -0.4 is 20.6 Å². The summed E-state index contributed by atoms with van der Waals surface area (Å²) in [7, 11) is 0. The fourth-order valence-electron chi connectivity index (χ4n) is 12.7. The third kappa shape index (κ3) is 6.34. The Labute approximate surface area is 404 Å². The Morgan fingerprint density at radius 2 is 1.16 bits per heavy atom. The predicted octanol–water partition coefficient (Wildman–Crippen LogP) is 16.7. The molecular formula is C63H65BN2S. The predicted molar refractivity (Wildman–Crippen MR) is 292 cm³/mol. The maximum Gasteiger partial charge on any atom is 0.333 e. The molecule has 1 aromatic heterocycles. The van der Waals surface area contributed by atoms with Gasteiger partial charge in [-0.05, 0) is 163 Å². The van der Waals surface area contributed by atoms with Crippen molar-refractivity contribution in [2.24, 2.45) is 0 Å². The number of aryl methyl sites for hydroxylation is 1. The van der Waals surface area contributed by atoms with Crippen LogP contribution in [0.15, 0.2) is 127 Å². The van der Waals surface area contributed by atoms with Crippen molar-refractivity contribution in [3.63, 3.8) is 0 Å². The summed E-state index contributed by atoms with van der Waals surface area (Å²) < 4.78 is 2.68. The first-order chi connectivity index (χ1) is 31.7. The first kappa shape index (κ1) is 42.8. The van der Waals surface area contributed by atoms with Crippen LogP contribution in [0.25, 0.3) is 42.4 Å². The number of nitrogens with zero attached hydrogens (tertiary/aromatic N) is 2. The zero-order chi connectivity index (χ0) is 46.7. The molecule has 67 heavy (non-hydrogen) atoms. The molecular weight excluding hydrogens is 828 g/mol. The zero-order valence-corrected chi connectivity index (χ0v) is 42.6. The third-order valence-electron chi connectivity index (χ3n) is 17.0. The average molecular weight is 893 g/mol. The molecule has 3 heterocycles. The molecule has 0 N–H and O–H groups in total. The molecule has 12 rings (SSSR count). The van der Waals surface area contributed by atoms with Gasteiger partial charge < -0.3 is 9.71 Å². The average Bonchev–Trinajstić information content (AvgIpc) is 3.68. The van der Waals surface area contributed by atoms with Gasteiger partial charge in [0.25, 0.3) is 0 Å². The van der Waals surface area contributed by atoms with Crippen LogP contribution in [0.3, 0.4) is 0 Å². The van der Waals surface area contributed by atoms with Crippen LogP contribution in [0.4, 0.5) is 28.4 Å². The zero-order valence-electron chi connectivity index (χ0n) is 41.8. The van der Waals surface area contributed by atoms with Gasteiger partial charge in [0.15, 0.2) is 0 Å². The van der Waals surface area contributed by atoms with Crippen molar-refractivity contribution < 1.29 is 0 Å². The number of fused-ring (bicyclic) bond motifs is 10. The summed E-state index contributed by atoms with van der Waals surface area (Å²) in [5.41, 5.74) is 23.3. The molecule has 0 fully saturated rings. The van der Waals surface area contributed by atoms with Crippen molar-refractivity contribution in [3.05, 3.63) is 161 Å². The maximum atomic E-state index is 2.81. The molecule has 0 atom stereocenters. The number of anilines is 5. The van der Waals surface area contributed by atoms with Gasteiger partial charge in [-0.1, -0.05) is 161 Å². The molecule has 4 heteroatoms. The molecule has 0 bridgehead atoms. The second-order valence-corrected chi connectivity index (χ2v) is 25.4. The number of thiophene rings is 1. The van der Waals surface area contributed by atoms with Crippen molar-refractivity contribution in [1.82, 2.24) is 0 Å². The van der Waals surface area contributed by atoms with Crippen LogP contribution in [0.5, 0.6) is 0 Å². The van der Waals surface area contributed by atoms with E-state index >= 15 is 0 Å². The lowest BCUT2D eigenvalue weighted by atomic mass is 9.43. The van der Waals surface area contributed by atoms with Gasteiger partial charge >= 0.3 is 6.85 Å². The Hall–Kier alpha value is -5.58. The van der Waals surface area contributed by atoms with Crippen molar-refractivity contribution in [2.75, 3.05) is 9.71 Å². The van der Waals surface area contributed by atoms with E-state index in [1.165, 1.54) is 141 Å². The molecule has 8 aromatic rings. The largest absolute Gasteiger partial charge is 0.376 e. The van der Waals surface area contributed by atoms with E-state index in [4.69, 9.17) is 0 Å². The second-order valence-electron chi connectivity index (χ2n) is 24.3. The lowest BCUT2D eigenvalue weighted by Gasteiger charge is -2.48. The lowest BCUT2D eigenvalue weighted by Crippen LogP contribution is -2.62. The van der Waals surface area contributed by atoms with Gasteiger partial charge in [-0.15, -0.1) is 11.3 Å². The first-order valence-corrected chi connectivity index (χ1v) is 25.8. The fourth-order valence-corrected chi connectivity index (χ4v) is 13.8. The van der Waals surface area contributed by atoms with Gasteiger partial charge in [0.2, 0.25) is 0 Å². The molecule has 336 valence electrons. The van der Waals surface area contributed by atoms with Crippen molar-refractivity contribution in [2.45, 2.75) is 136 Å². The smallest absolute Gasteiger partial charge is 0.333 e. The Morgan fingerprint density at radius 3 is 1.87 bits per heavy atom. The highest BCUT2D eigenvalue weighted by Gasteiger charge is 2.48. The van der Waals surface area contributed by atoms with E-state index in [9.17, 15) is 0 Å². The molecule has 4 aliphatic rings. The first-order valence-electron chi connectivity index (χ1n) is 25.0. The van der Waals surface area contributed by atoms with Crippen LogP contribution in [0.1, 0.15) is 135 Å². The maximum absolute atomic E-state index is 2.81. The van der Waals surface area contributed by atoms with E-state index in [2.05, 4.69) is 220 Å². The van der Waals surface area contributed by atoms with Crippen LogP contribution in [-0.4, -0.2) is 6.85 Å². The van der Waals surface area contributed by atoms with Gasteiger partial charge in [0, 0.05) is 54.2 Å². The van der Waals surface area contributed by atoms with Gasteiger partial charge in [0.1, 0.15) is 0 Å². The second kappa shape index (κ2) is 14.2. The third-order valence-corrected chi connectivity index (χ3v) is 18.2. The molecule has 0 saturated heterocycles. The standard InChI is InChI=1S/C63H65BN2S/c1-38-32-47-49(63(11,12)31-30-61(47,7)8)37-52(38)65-51-26-22-40(39-18-14-13-15-19-39)33-50(51)64-57-45(34-41(35-53(57)65)59(2,3)4)43-24-27-55-56(44-20-16-17-21-54(44)67-55)58(43)66(64)42-23-25-46-48(36-42)62(9,10)29-28-60(46,5)6/h13-27,32-37H,28-31H2,1-12H3. The van der Waals surface area contributed by atoms with E-state index < -0.39 is 0 Å². The van der Waals surface area contributed by atoms with Crippen molar-refractivity contribution >= 4 is 77.7 Å². The highest BCUT2D eigenvalue weighted by molar-refractivity contribution is 7.26. The van der Waals surface area contributed by atoms with Crippen LogP contribution >= 0.6 is 11.3 Å². The van der Waals surface area contributed by atoms with Gasteiger partial charge in [-0.2, -0.15) is 0 Å². The van der Waals surface area contributed by atoms with Crippen LogP contribution in [0, 0.1) is 6.92 Å². The fraction of sp³-hybridized carbons (Fsp3) is 0.333. The van der Waals surface area contributed by atoms with Crippen molar-refractivity contribution in [1.29, 1.82) is 0 Å². The minimum Gasteiger partial charge on any atom is -0.376 e. The number of hydrogen-bond donors (Lipinski definition) is 0. The number of benzene rings is 7. The molecule has 2 nitrogen and oxygen atoms in total. The van der Waals surface area contributed by atoms with E-state index in [0.717, 1.165) is 0 Å². The minimum atomic E-state index is -0.100. The van der Waals surface area contributed by atoms with Crippen molar-refractivity contribution in [3.8, 4) is 22.3 Å². The molecule has 7 aromatic carbocycles. The molecule has 0 unspecified atom stereocenters. The quantitative estimate of drug-likeness (QED) is 0.163. The number of hydrogen-bond acceptors (Lipinski definition) is 3. The lowest BCUT2D eigenvalue weighted by molar-refractivity contribution is 0.332. The van der Waals surface area contributed by atoms with E-state index in [1.54, 1.807) is 0 Å². The summed E-state index contributed by atoms with van der Waals surface area (Å²) in [6, 6.07) is 50.4. The van der Waals surface area contributed by atoms with Crippen LogP contribution in [-0.2, 0) is 27.1 Å². The topological polar surface area (TPSA) is 6.48 Å². The van der Waals surface area contributed by atoms with Gasteiger partial charge in [0.05, 0.1) is 0 Å². The van der Waals surface area contributed by atoms with Gasteiger partial charge in [-0.25, -0.2) is 0 Å². The highest BCUT2D eigenvalue weighted by Crippen LogP contribution is 2.56. The Kier molecular flexibility index (Phi) is 9.09. The monoisotopic (exact) mass is 892 g/mol. The molecule has 0 spiro atoms. The summed E-state index contributed by atoms with van der Waals surface area (Å²) in [6.45, 7) is 29.2. The molecule has 2 aliphatic heterocycles. The SMILES string of the molecule is Cc1cc2c(cc1N1c3ccc(-c4ccccc4)cc3B3c4c(cc(C(C)(C)C)cc41)-c1ccc4sc5ccccc5c4c1N3c1ccc3c(c1)C(C)(C)CCC3(C)C)C(C)(C)CCC2(C)C. The highest BCUT2D eigenvalue weighted by atomic mass is 32.1. The van der Waals surface area contributed by atoms with Gasteiger partial charge in [-0.3, -0.25) is 0 Å². The molecule has 0 saturated carbocycles.